The van der Waals surface area contributed by atoms with Crippen molar-refractivity contribution >= 4 is 32.5 Å². The van der Waals surface area contributed by atoms with Crippen LogP contribution in [0.5, 0.6) is 0 Å². The maximum atomic E-state index is 14.0. The number of pyridine rings is 1. The second-order valence-corrected chi connectivity index (χ2v) is 7.40. The van der Waals surface area contributed by atoms with Crippen molar-refractivity contribution in [2.75, 3.05) is 10.8 Å². The fourth-order valence-corrected chi connectivity index (χ4v) is 4.30. The molecule has 3 rings (SSSR count). The molecule has 0 unspecified atom stereocenters. The van der Waals surface area contributed by atoms with Crippen molar-refractivity contribution in [3.05, 3.63) is 66.6 Å². The number of carbonyl (C=O) groups excluding carboxylic acids is 1. The number of sulfonamides is 1. The molecule has 1 aromatic heterocycles. The van der Waals surface area contributed by atoms with E-state index in [2.05, 4.69) is 4.98 Å². The number of para-hydroxylation sites is 1. The maximum absolute atomic E-state index is 14.0. The summed E-state index contributed by atoms with van der Waals surface area (Å²) in [6.45, 7) is -0.124. The largest absolute Gasteiger partial charge is 0.370 e. The number of benzene rings is 2. The molecule has 2 N–H and O–H groups in total. The standard InChI is InChI=1S/C18H16FN3O3S/c19-15-8-9-16(14-7-4-11-21-18(14)15)26(24,25)22(12-10-17(20)23)13-5-2-1-3-6-13/h1-9,11H,10,12H2,(H2,20,23). The Morgan fingerprint density at radius 3 is 2.50 bits per heavy atom. The van der Waals surface area contributed by atoms with Gasteiger partial charge in [-0.2, -0.15) is 0 Å². The minimum Gasteiger partial charge on any atom is -0.370 e. The molecule has 2 aromatic carbocycles. The molecule has 1 heterocycles. The Morgan fingerprint density at radius 2 is 1.81 bits per heavy atom. The van der Waals surface area contributed by atoms with Crippen molar-refractivity contribution < 1.29 is 17.6 Å². The van der Waals surface area contributed by atoms with Crippen molar-refractivity contribution in [1.29, 1.82) is 0 Å². The van der Waals surface area contributed by atoms with E-state index in [4.69, 9.17) is 5.73 Å². The molecule has 0 spiro atoms. The van der Waals surface area contributed by atoms with E-state index in [1.54, 1.807) is 30.3 Å². The number of halogens is 1. The topological polar surface area (TPSA) is 93.4 Å². The highest BCUT2D eigenvalue weighted by Gasteiger charge is 2.27. The molecule has 6 nitrogen and oxygen atoms in total. The van der Waals surface area contributed by atoms with Crippen LogP contribution in [0.3, 0.4) is 0 Å². The van der Waals surface area contributed by atoms with Crippen LogP contribution < -0.4 is 10.0 Å². The lowest BCUT2D eigenvalue weighted by Gasteiger charge is -2.24. The maximum Gasteiger partial charge on any atom is 0.265 e. The summed E-state index contributed by atoms with van der Waals surface area (Å²) in [6, 6.07) is 13.7. The van der Waals surface area contributed by atoms with Crippen LogP contribution in [0.1, 0.15) is 6.42 Å². The first kappa shape index (κ1) is 17.8. The predicted octanol–water partition coefficient (Wildman–Crippen LogP) is 2.44. The van der Waals surface area contributed by atoms with Gasteiger partial charge in [0.1, 0.15) is 11.3 Å². The normalized spacial score (nSPS) is 11.4. The number of primary amides is 1. The minimum absolute atomic E-state index is 0.0310. The lowest BCUT2D eigenvalue weighted by molar-refractivity contribution is -0.117. The third-order valence-electron chi connectivity index (χ3n) is 3.85. The average Bonchev–Trinajstić information content (AvgIpc) is 2.62. The fourth-order valence-electron chi connectivity index (χ4n) is 2.65. The third-order valence-corrected chi connectivity index (χ3v) is 5.74. The van der Waals surface area contributed by atoms with E-state index in [-0.39, 0.29) is 28.8 Å². The summed E-state index contributed by atoms with van der Waals surface area (Å²) in [5.41, 5.74) is 5.54. The second kappa shape index (κ2) is 7.09. The Labute approximate surface area is 150 Å². The van der Waals surface area contributed by atoms with Crippen molar-refractivity contribution in [3.63, 3.8) is 0 Å². The molecule has 0 fully saturated rings. The van der Waals surface area contributed by atoms with E-state index in [0.29, 0.717) is 5.69 Å². The first-order valence-corrected chi connectivity index (χ1v) is 9.24. The van der Waals surface area contributed by atoms with E-state index in [9.17, 15) is 17.6 Å². The molecule has 0 aliphatic carbocycles. The van der Waals surface area contributed by atoms with E-state index < -0.39 is 21.7 Å². The van der Waals surface area contributed by atoms with Gasteiger partial charge in [-0.25, -0.2) is 12.8 Å². The van der Waals surface area contributed by atoms with Gasteiger partial charge in [-0.05, 0) is 36.4 Å². The first-order valence-electron chi connectivity index (χ1n) is 7.80. The highest BCUT2D eigenvalue weighted by Crippen LogP contribution is 2.29. The number of nitrogens with two attached hydrogens (primary N) is 1. The highest BCUT2D eigenvalue weighted by molar-refractivity contribution is 7.93. The van der Waals surface area contributed by atoms with Gasteiger partial charge in [-0.15, -0.1) is 0 Å². The minimum atomic E-state index is -4.07. The summed E-state index contributed by atoms with van der Waals surface area (Å²) in [6.07, 6.45) is 1.25. The zero-order chi connectivity index (χ0) is 18.7. The van der Waals surface area contributed by atoms with E-state index in [1.807, 2.05) is 0 Å². The van der Waals surface area contributed by atoms with Crippen LogP contribution in [-0.2, 0) is 14.8 Å². The van der Waals surface area contributed by atoms with Gasteiger partial charge in [0, 0.05) is 24.5 Å². The molecule has 26 heavy (non-hydrogen) atoms. The molecule has 0 saturated carbocycles. The number of amides is 1. The van der Waals surface area contributed by atoms with Gasteiger partial charge in [0.15, 0.2) is 0 Å². The van der Waals surface area contributed by atoms with Gasteiger partial charge in [0.25, 0.3) is 10.0 Å². The van der Waals surface area contributed by atoms with Gasteiger partial charge in [0.05, 0.1) is 10.6 Å². The Bertz CT molecular complexity index is 1060. The number of anilines is 1. The number of hydrogen-bond donors (Lipinski definition) is 1. The molecule has 0 saturated heterocycles. The van der Waals surface area contributed by atoms with Crippen molar-refractivity contribution in [2.24, 2.45) is 5.73 Å². The Hall–Kier alpha value is -3.00. The van der Waals surface area contributed by atoms with Crippen LogP contribution in [0.2, 0.25) is 0 Å². The molecule has 134 valence electrons. The quantitative estimate of drug-likeness (QED) is 0.718. The molecule has 1 amide bonds. The van der Waals surface area contributed by atoms with E-state index >= 15 is 0 Å². The van der Waals surface area contributed by atoms with Gasteiger partial charge in [-0.1, -0.05) is 18.2 Å². The van der Waals surface area contributed by atoms with E-state index in [1.165, 1.54) is 24.4 Å². The number of fused-ring (bicyclic) bond motifs is 1. The number of hydrogen-bond acceptors (Lipinski definition) is 4. The Kier molecular flexibility index (Phi) is 4.85. The third kappa shape index (κ3) is 3.36. The number of rotatable bonds is 6. The molecule has 0 radical (unpaired) electrons. The Balaban J connectivity index is 2.17. The molecule has 8 heteroatoms. The van der Waals surface area contributed by atoms with Gasteiger partial charge < -0.3 is 5.73 Å². The van der Waals surface area contributed by atoms with Gasteiger partial charge in [0.2, 0.25) is 5.91 Å². The van der Waals surface area contributed by atoms with Crippen LogP contribution >= 0.6 is 0 Å². The molecule has 0 atom stereocenters. The number of aromatic nitrogens is 1. The molecular formula is C18H16FN3O3S. The van der Waals surface area contributed by atoms with E-state index in [0.717, 1.165) is 10.4 Å². The van der Waals surface area contributed by atoms with Gasteiger partial charge in [-0.3, -0.25) is 14.1 Å². The zero-order valence-electron chi connectivity index (χ0n) is 13.7. The van der Waals surface area contributed by atoms with Crippen molar-refractivity contribution in [1.82, 2.24) is 4.98 Å². The summed E-state index contributed by atoms with van der Waals surface area (Å²) in [7, 11) is -4.07. The molecule has 0 bridgehead atoms. The molecule has 0 aliphatic heterocycles. The lowest BCUT2D eigenvalue weighted by Crippen LogP contribution is -2.34. The van der Waals surface area contributed by atoms with Crippen LogP contribution in [0.4, 0.5) is 10.1 Å². The summed E-state index contributed by atoms with van der Waals surface area (Å²) < 4.78 is 41.7. The van der Waals surface area contributed by atoms with Crippen LogP contribution in [-0.4, -0.2) is 25.9 Å². The molecule has 0 aliphatic rings. The SMILES string of the molecule is NC(=O)CCN(c1ccccc1)S(=O)(=O)c1ccc(F)c2ncccc12. The smallest absolute Gasteiger partial charge is 0.265 e. The summed E-state index contributed by atoms with van der Waals surface area (Å²) in [4.78, 5) is 15.0. The monoisotopic (exact) mass is 373 g/mol. The van der Waals surface area contributed by atoms with Crippen molar-refractivity contribution in [2.45, 2.75) is 11.3 Å². The van der Waals surface area contributed by atoms with Crippen LogP contribution in [0, 0.1) is 5.82 Å². The number of carbonyl (C=O) groups is 1. The van der Waals surface area contributed by atoms with Crippen LogP contribution in [0.25, 0.3) is 10.9 Å². The Morgan fingerprint density at radius 1 is 1.08 bits per heavy atom. The van der Waals surface area contributed by atoms with Crippen molar-refractivity contribution in [3.8, 4) is 0 Å². The lowest BCUT2D eigenvalue weighted by atomic mass is 10.2. The zero-order valence-corrected chi connectivity index (χ0v) is 14.5. The summed E-state index contributed by atoms with van der Waals surface area (Å²) >= 11 is 0. The summed E-state index contributed by atoms with van der Waals surface area (Å²) in [5.74, 6) is -1.23. The van der Waals surface area contributed by atoms with Gasteiger partial charge >= 0.3 is 0 Å². The predicted molar refractivity (Wildman–Crippen MR) is 96.5 cm³/mol. The number of nitrogens with zero attached hydrogens (tertiary/aromatic N) is 2. The molecule has 3 aromatic rings. The van der Waals surface area contributed by atoms with Crippen LogP contribution in [0.15, 0.2) is 65.7 Å². The fraction of sp³-hybridized carbons (Fsp3) is 0.111. The molecular weight excluding hydrogens is 357 g/mol. The summed E-state index contributed by atoms with van der Waals surface area (Å²) in [5, 5.41) is 0.174. The first-order chi connectivity index (χ1) is 12.4. The highest BCUT2D eigenvalue weighted by atomic mass is 32.2. The second-order valence-electron chi connectivity index (χ2n) is 5.57. The average molecular weight is 373 g/mol.